The van der Waals surface area contributed by atoms with E-state index in [2.05, 4.69) is 9.97 Å². The predicted octanol–water partition coefficient (Wildman–Crippen LogP) is 1.54. The first-order chi connectivity index (χ1) is 10.3. The first-order valence-corrected chi connectivity index (χ1v) is 8.20. The summed E-state index contributed by atoms with van der Waals surface area (Å²) in [6.07, 6.45) is 2.68. The minimum Gasteiger partial charge on any atom is -0.338 e. The van der Waals surface area contributed by atoms with Crippen molar-refractivity contribution >= 4 is 15.7 Å². The smallest absolute Gasteiger partial charge is 0.238 e. The molecule has 0 fully saturated rings. The molecule has 0 unspecified atom stereocenters. The molecule has 1 N–H and O–H groups in total. The normalized spacial score (nSPS) is 12.9. The number of H-pyrrole nitrogens is 1. The molecule has 0 spiro atoms. The number of hydrogen-bond acceptors (Lipinski definition) is 4. The number of halogens is 1. The number of benzene rings is 1. The van der Waals surface area contributed by atoms with Crippen LogP contribution in [0.1, 0.15) is 18.5 Å². The van der Waals surface area contributed by atoms with Crippen LogP contribution in [-0.2, 0) is 14.6 Å². The van der Waals surface area contributed by atoms with Crippen molar-refractivity contribution in [3.05, 3.63) is 48.0 Å². The fraction of sp³-hybridized carbons (Fsp3) is 0.286. The SMILES string of the molecule is C[C@@H](c1ccc(F)cc1)N(C)C(=O)CS(=O)(=O)c1ncc[nH]1. The Morgan fingerprint density at radius 2 is 2.00 bits per heavy atom. The van der Waals surface area contributed by atoms with Gasteiger partial charge in [-0.3, -0.25) is 4.79 Å². The van der Waals surface area contributed by atoms with Crippen molar-refractivity contribution in [1.29, 1.82) is 0 Å². The lowest BCUT2D eigenvalue weighted by Gasteiger charge is -2.25. The van der Waals surface area contributed by atoms with E-state index < -0.39 is 21.5 Å². The lowest BCUT2D eigenvalue weighted by molar-refractivity contribution is -0.129. The van der Waals surface area contributed by atoms with Crippen LogP contribution in [0.5, 0.6) is 0 Å². The molecule has 6 nitrogen and oxygen atoms in total. The number of aromatic amines is 1. The molecule has 1 atom stereocenters. The summed E-state index contributed by atoms with van der Waals surface area (Å²) in [6, 6.07) is 5.34. The highest BCUT2D eigenvalue weighted by molar-refractivity contribution is 7.91. The second kappa shape index (κ2) is 6.27. The third-order valence-electron chi connectivity index (χ3n) is 3.41. The van der Waals surface area contributed by atoms with Gasteiger partial charge in [-0.1, -0.05) is 12.1 Å². The Hall–Kier alpha value is -2.22. The molecule has 1 amide bonds. The van der Waals surface area contributed by atoms with Gasteiger partial charge in [0.2, 0.25) is 20.9 Å². The minimum absolute atomic E-state index is 0.233. The second-order valence-electron chi connectivity index (χ2n) is 4.89. The van der Waals surface area contributed by atoms with Crippen LogP contribution in [-0.4, -0.2) is 42.0 Å². The van der Waals surface area contributed by atoms with E-state index >= 15 is 0 Å². The van der Waals surface area contributed by atoms with Gasteiger partial charge in [0.15, 0.2) is 0 Å². The number of nitrogens with zero attached hydrogens (tertiary/aromatic N) is 2. The van der Waals surface area contributed by atoms with Gasteiger partial charge in [-0.05, 0) is 24.6 Å². The summed E-state index contributed by atoms with van der Waals surface area (Å²) in [5.41, 5.74) is 0.715. The van der Waals surface area contributed by atoms with Crippen LogP contribution in [0.2, 0.25) is 0 Å². The molecule has 1 heterocycles. The van der Waals surface area contributed by atoms with Crippen molar-refractivity contribution in [3.63, 3.8) is 0 Å². The van der Waals surface area contributed by atoms with Gasteiger partial charge in [-0.25, -0.2) is 17.8 Å². The van der Waals surface area contributed by atoms with Gasteiger partial charge in [0.1, 0.15) is 11.6 Å². The monoisotopic (exact) mass is 325 g/mol. The van der Waals surface area contributed by atoms with Crippen LogP contribution in [0.25, 0.3) is 0 Å². The Balaban J connectivity index is 2.10. The highest BCUT2D eigenvalue weighted by Crippen LogP contribution is 2.19. The standard InChI is InChI=1S/C14H16FN3O3S/c1-10(11-3-5-12(15)6-4-11)18(2)13(19)9-22(20,21)14-16-7-8-17-14/h3-8,10H,9H2,1-2H3,(H,16,17)/t10-/m0/s1. The van der Waals surface area contributed by atoms with E-state index in [4.69, 9.17) is 0 Å². The second-order valence-corrected chi connectivity index (χ2v) is 6.79. The van der Waals surface area contributed by atoms with E-state index in [1.54, 1.807) is 19.1 Å². The van der Waals surface area contributed by atoms with E-state index in [1.165, 1.54) is 36.5 Å². The van der Waals surface area contributed by atoms with E-state index in [0.29, 0.717) is 5.56 Å². The maximum absolute atomic E-state index is 12.9. The van der Waals surface area contributed by atoms with Crippen molar-refractivity contribution in [3.8, 4) is 0 Å². The van der Waals surface area contributed by atoms with Crippen LogP contribution < -0.4 is 0 Å². The van der Waals surface area contributed by atoms with Gasteiger partial charge in [0, 0.05) is 19.4 Å². The average molecular weight is 325 g/mol. The molecule has 1 aromatic heterocycles. The fourth-order valence-corrected chi connectivity index (χ4v) is 3.07. The Morgan fingerprint density at radius 1 is 1.36 bits per heavy atom. The van der Waals surface area contributed by atoms with Crippen molar-refractivity contribution in [1.82, 2.24) is 14.9 Å². The molecule has 0 aliphatic carbocycles. The quantitative estimate of drug-likeness (QED) is 0.904. The van der Waals surface area contributed by atoms with Crippen LogP contribution in [0.3, 0.4) is 0 Å². The molecule has 0 bridgehead atoms. The number of rotatable bonds is 5. The lowest BCUT2D eigenvalue weighted by atomic mass is 10.1. The molecule has 0 aliphatic rings. The van der Waals surface area contributed by atoms with E-state index in [0.717, 1.165) is 0 Å². The first kappa shape index (κ1) is 16.2. The number of imidazole rings is 1. The Bertz CT molecular complexity index is 742. The number of sulfone groups is 1. The van der Waals surface area contributed by atoms with E-state index in [1.807, 2.05) is 0 Å². The molecule has 1 aromatic carbocycles. The van der Waals surface area contributed by atoms with Gasteiger partial charge in [-0.15, -0.1) is 0 Å². The number of hydrogen-bond donors (Lipinski definition) is 1. The van der Waals surface area contributed by atoms with Crippen LogP contribution >= 0.6 is 0 Å². The van der Waals surface area contributed by atoms with Crippen molar-refractivity contribution < 1.29 is 17.6 Å². The molecule has 0 saturated heterocycles. The Morgan fingerprint density at radius 3 is 2.55 bits per heavy atom. The number of amides is 1. The Kier molecular flexibility index (Phi) is 4.60. The maximum atomic E-state index is 12.9. The van der Waals surface area contributed by atoms with Gasteiger partial charge < -0.3 is 9.88 Å². The summed E-state index contributed by atoms with van der Waals surface area (Å²) in [5, 5.41) is -0.233. The number of carbonyl (C=O) groups excluding carboxylic acids is 1. The van der Waals surface area contributed by atoms with E-state index in [9.17, 15) is 17.6 Å². The summed E-state index contributed by atoms with van der Waals surface area (Å²) in [4.78, 5) is 19.6. The van der Waals surface area contributed by atoms with Crippen LogP contribution in [0.4, 0.5) is 4.39 Å². The molecule has 2 aromatic rings. The topological polar surface area (TPSA) is 83.1 Å². The molecule has 2 rings (SSSR count). The first-order valence-electron chi connectivity index (χ1n) is 6.54. The molecule has 8 heteroatoms. The van der Waals surface area contributed by atoms with E-state index in [-0.39, 0.29) is 17.0 Å². The fourth-order valence-electron chi connectivity index (χ4n) is 1.93. The van der Waals surface area contributed by atoms with Gasteiger partial charge >= 0.3 is 0 Å². The maximum Gasteiger partial charge on any atom is 0.238 e. The third-order valence-corrected chi connectivity index (χ3v) is 4.85. The number of nitrogens with one attached hydrogen (secondary N) is 1. The van der Waals surface area contributed by atoms with Crippen molar-refractivity contribution in [2.24, 2.45) is 0 Å². The molecule has 0 saturated carbocycles. The summed E-state index contributed by atoms with van der Waals surface area (Å²) in [7, 11) is -2.29. The minimum atomic E-state index is -3.80. The summed E-state index contributed by atoms with van der Waals surface area (Å²) >= 11 is 0. The lowest BCUT2D eigenvalue weighted by Crippen LogP contribution is -2.34. The molecule has 118 valence electrons. The molecular weight excluding hydrogens is 309 g/mol. The summed E-state index contributed by atoms with van der Waals surface area (Å²) < 4.78 is 37.0. The average Bonchev–Trinajstić information content (AvgIpc) is 3.01. The zero-order valence-corrected chi connectivity index (χ0v) is 13.0. The zero-order chi connectivity index (χ0) is 16.3. The number of aromatic nitrogens is 2. The summed E-state index contributed by atoms with van der Waals surface area (Å²) in [6.45, 7) is 1.74. The van der Waals surface area contributed by atoms with Crippen LogP contribution in [0.15, 0.2) is 41.8 Å². The number of carbonyl (C=O) groups is 1. The third kappa shape index (κ3) is 3.51. The molecular formula is C14H16FN3O3S. The van der Waals surface area contributed by atoms with Crippen LogP contribution in [0, 0.1) is 5.82 Å². The molecule has 0 aliphatic heterocycles. The highest BCUT2D eigenvalue weighted by Gasteiger charge is 2.26. The molecule has 0 radical (unpaired) electrons. The largest absolute Gasteiger partial charge is 0.338 e. The Labute approximate surface area is 127 Å². The predicted molar refractivity (Wildman–Crippen MR) is 78.2 cm³/mol. The van der Waals surface area contributed by atoms with Gasteiger partial charge in [0.05, 0.1) is 6.04 Å². The van der Waals surface area contributed by atoms with Crippen molar-refractivity contribution in [2.75, 3.05) is 12.8 Å². The molecule has 22 heavy (non-hydrogen) atoms. The summed E-state index contributed by atoms with van der Waals surface area (Å²) in [5.74, 6) is -1.61. The van der Waals surface area contributed by atoms with Gasteiger partial charge in [0.25, 0.3) is 0 Å². The zero-order valence-electron chi connectivity index (χ0n) is 12.2. The van der Waals surface area contributed by atoms with Crippen molar-refractivity contribution in [2.45, 2.75) is 18.1 Å². The van der Waals surface area contributed by atoms with Gasteiger partial charge in [-0.2, -0.15) is 0 Å². The highest BCUT2D eigenvalue weighted by atomic mass is 32.2.